The van der Waals surface area contributed by atoms with Gasteiger partial charge in [0.1, 0.15) is 18.6 Å². The number of carbonyl (C=O) groups is 1. The van der Waals surface area contributed by atoms with Crippen molar-refractivity contribution in [3.05, 3.63) is 88.2 Å². The Morgan fingerprint density at radius 3 is 2.37 bits per heavy atom. The van der Waals surface area contributed by atoms with Gasteiger partial charge in [0.25, 0.3) is 5.69 Å². The van der Waals surface area contributed by atoms with E-state index >= 15 is 0 Å². The Kier molecular flexibility index (Phi) is 7.70. The number of nitro benzene ring substituents is 1. The second-order valence-corrected chi connectivity index (χ2v) is 6.96. The lowest BCUT2D eigenvalue weighted by Gasteiger charge is -2.32. The second kappa shape index (κ2) is 10.2. The Labute approximate surface area is 175 Å². The van der Waals surface area contributed by atoms with Gasteiger partial charge in [0, 0.05) is 18.1 Å². The number of nitro groups is 1. The van der Waals surface area contributed by atoms with Gasteiger partial charge in [0.2, 0.25) is 0 Å². The molecule has 7 heteroatoms. The van der Waals surface area contributed by atoms with Crippen LogP contribution in [0, 0.1) is 32.8 Å². The molecule has 2 aromatic rings. The molecule has 7 nitrogen and oxygen atoms in total. The van der Waals surface area contributed by atoms with Crippen LogP contribution in [-0.2, 0) is 16.1 Å². The molecule has 0 fully saturated rings. The Morgan fingerprint density at radius 2 is 1.83 bits per heavy atom. The topological polar surface area (TPSA) is 102 Å². The summed E-state index contributed by atoms with van der Waals surface area (Å²) in [5.41, 5.74) is 0.0290. The predicted octanol–water partition coefficient (Wildman–Crippen LogP) is 5.04. The molecule has 0 radical (unpaired) electrons. The van der Waals surface area contributed by atoms with Crippen molar-refractivity contribution in [1.82, 2.24) is 0 Å². The Morgan fingerprint density at radius 1 is 1.20 bits per heavy atom. The Hall–Kier alpha value is -3.66. The van der Waals surface area contributed by atoms with Crippen LogP contribution in [0.5, 0.6) is 0 Å². The molecule has 0 unspecified atom stereocenters. The van der Waals surface area contributed by atoms with E-state index in [2.05, 4.69) is 12.6 Å². The molecule has 0 heterocycles. The van der Waals surface area contributed by atoms with Crippen LogP contribution in [0.2, 0.25) is 0 Å². The summed E-state index contributed by atoms with van der Waals surface area (Å²) in [4.78, 5) is 22.5. The van der Waals surface area contributed by atoms with Crippen LogP contribution >= 0.6 is 0 Å². The van der Waals surface area contributed by atoms with Crippen molar-refractivity contribution in [2.45, 2.75) is 26.9 Å². The zero-order valence-corrected chi connectivity index (χ0v) is 17.0. The van der Waals surface area contributed by atoms with Gasteiger partial charge in [-0.2, -0.15) is 5.26 Å². The maximum atomic E-state index is 12.4. The van der Waals surface area contributed by atoms with Crippen LogP contribution in [-0.4, -0.2) is 17.5 Å². The van der Waals surface area contributed by atoms with Gasteiger partial charge in [0.15, 0.2) is 0 Å². The summed E-state index contributed by atoms with van der Waals surface area (Å²) in [6.45, 7) is 7.80. The zero-order chi connectivity index (χ0) is 22.1. The molecule has 2 rings (SSSR count). The standard InChI is InChI=1S/C23H24N2O5/c1-4-23(15-24,17(2)18(3)29-14-19-8-6-5-7-9-19)16-30-22(26)20-10-12-21(13-11-20)25(27)28/h5-13,17H,3-4,14,16H2,1-2H3/t17-,23-/m0/s1. The minimum atomic E-state index is -1.01. The quantitative estimate of drug-likeness (QED) is 0.236. The molecular formula is C23H24N2O5. The Balaban J connectivity index is 2.03. The fourth-order valence-corrected chi connectivity index (χ4v) is 2.92. The van der Waals surface area contributed by atoms with Gasteiger partial charge in [-0.3, -0.25) is 10.1 Å². The average molecular weight is 408 g/mol. The first-order valence-electron chi connectivity index (χ1n) is 9.51. The number of hydrogen-bond donors (Lipinski definition) is 0. The van der Waals surface area contributed by atoms with Gasteiger partial charge >= 0.3 is 5.97 Å². The minimum Gasteiger partial charge on any atom is -0.494 e. The van der Waals surface area contributed by atoms with Crippen molar-refractivity contribution in [3.63, 3.8) is 0 Å². The molecule has 0 spiro atoms. The SMILES string of the molecule is C=C(OCc1ccccc1)[C@H](C)[C@](C#N)(CC)COC(=O)c1ccc([N+](=O)[O-])cc1. The number of rotatable bonds is 10. The van der Waals surface area contributed by atoms with E-state index in [1.54, 1.807) is 0 Å². The number of benzene rings is 2. The highest BCUT2D eigenvalue weighted by Crippen LogP contribution is 2.36. The summed E-state index contributed by atoms with van der Waals surface area (Å²) >= 11 is 0. The van der Waals surface area contributed by atoms with Crippen molar-refractivity contribution in [2.75, 3.05) is 6.61 Å². The lowest BCUT2D eigenvalue weighted by atomic mass is 9.75. The van der Waals surface area contributed by atoms with Crippen LogP contribution in [0.1, 0.15) is 36.2 Å². The highest BCUT2D eigenvalue weighted by molar-refractivity contribution is 5.89. The smallest absolute Gasteiger partial charge is 0.338 e. The van der Waals surface area contributed by atoms with E-state index < -0.39 is 16.3 Å². The molecule has 0 aliphatic rings. The molecule has 0 N–H and O–H groups in total. The van der Waals surface area contributed by atoms with Gasteiger partial charge < -0.3 is 9.47 Å². The van der Waals surface area contributed by atoms with E-state index in [1.807, 2.05) is 44.2 Å². The number of nitrogens with zero attached hydrogens (tertiary/aromatic N) is 2. The van der Waals surface area contributed by atoms with E-state index in [-0.39, 0.29) is 23.8 Å². The first kappa shape index (κ1) is 22.6. The summed E-state index contributed by atoms with van der Waals surface area (Å²) < 4.78 is 11.2. The van der Waals surface area contributed by atoms with Crippen LogP contribution in [0.25, 0.3) is 0 Å². The van der Waals surface area contributed by atoms with Gasteiger partial charge in [-0.25, -0.2) is 4.79 Å². The van der Waals surface area contributed by atoms with Gasteiger partial charge in [-0.05, 0) is 24.1 Å². The van der Waals surface area contributed by atoms with E-state index in [0.29, 0.717) is 18.8 Å². The molecule has 2 aromatic carbocycles. The molecule has 0 saturated carbocycles. The third kappa shape index (κ3) is 5.45. The second-order valence-electron chi connectivity index (χ2n) is 6.96. The summed E-state index contributed by atoms with van der Waals surface area (Å²) in [5.74, 6) is -0.601. The average Bonchev–Trinajstić information content (AvgIpc) is 2.78. The van der Waals surface area contributed by atoms with E-state index in [9.17, 15) is 20.2 Å². The van der Waals surface area contributed by atoms with E-state index in [1.165, 1.54) is 24.3 Å². The van der Waals surface area contributed by atoms with Crippen molar-refractivity contribution in [1.29, 1.82) is 5.26 Å². The summed E-state index contributed by atoms with van der Waals surface area (Å²) in [6, 6.07) is 17.0. The van der Waals surface area contributed by atoms with Crippen LogP contribution in [0.15, 0.2) is 66.9 Å². The van der Waals surface area contributed by atoms with Crippen molar-refractivity contribution < 1.29 is 19.2 Å². The highest BCUT2D eigenvalue weighted by Gasteiger charge is 2.39. The third-order valence-corrected chi connectivity index (χ3v) is 5.21. The molecule has 0 bridgehead atoms. The van der Waals surface area contributed by atoms with Gasteiger partial charge in [-0.1, -0.05) is 50.8 Å². The monoisotopic (exact) mass is 408 g/mol. The molecular weight excluding hydrogens is 384 g/mol. The van der Waals surface area contributed by atoms with Crippen LogP contribution in [0.3, 0.4) is 0 Å². The van der Waals surface area contributed by atoms with Crippen LogP contribution in [0.4, 0.5) is 5.69 Å². The minimum absolute atomic E-state index is 0.119. The normalized spacial score (nSPS) is 13.4. The molecule has 156 valence electrons. The maximum Gasteiger partial charge on any atom is 0.338 e. The third-order valence-electron chi connectivity index (χ3n) is 5.21. The number of hydrogen-bond acceptors (Lipinski definition) is 6. The van der Waals surface area contributed by atoms with Crippen LogP contribution < -0.4 is 0 Å². The van der Waals surface area contributed by atoms with E-state index in [0.717, 1.165) is 5.56 Å². The summed E-state index contributed by atoms with van der Waals surface area (Å²) in [5, 5.41) is 20.6. The Bertz CT molecular complexity index is 934. The molecule has 0 aliphatic heterocycles. The number of nitriles is 1. The lowest BCUT2D eigenvalue weighted by molar-refractivity contribution is -0.384. The first-order chi connectivity index (χ1) is 14.3. The first-order valence-corrected chi connectivity index (χ1v) is 9.51. The highest BCUT2D eigenvalue weighted by atomic mass is 16.6. The predicted molar refractivity (Wildman–Crippen MR) is 111 cm³/mol. The van der Waals surface area contributed by atoms with Gasteiger partial charge in [-0.15, -0.1) is 0 Å². The van der Waals surface area contributed by atoms with Crippen molar-refractivity contribution >= 4 is 11.7 Å². The molecule has 0 aliphatic carbocycles. The number of allylic oxidation sites excluding steroid dienone is 1. The number of non-ortho nitro benzene ring substituents is 1. The van der Waals surface area contributed by atoms with Crippen molar-refractivity contribution in [2.24, 2.45) is 11.3 Å². The molecule has 2 atom stereocenters. The molecule has 0 amide bonds. The maximum absolute atomic E-state index is 12.4. The summed E-state index contributed by atoms with van der Waals surface area (Å²) in [7, 11) is 0. The number of carbonyl (C=O) groups excluding carboxylic acids is 1. The molecule has 30 heavy (non-hydrogen) atoms. The molecule has 0 aromatic heterocycles. The van der Waals surface area contributed by atoms with E-state index in [4.69, 9.17) is 9.47 Å². The van der Waals surface area contributed by atoms with Gasteiger partial charge in [0.05, 0.1) is 22.3 Å². The van der Waals surface area contributed by atoms with Crippen molar-refractivity contribution in [3.8, 4) is 6.07 Å². The fourth-order valence-electron chi connectivity index (χ4n) is 2.92. The number of ether oxygens (including phenoxy) is 2. The lowest BCUT2D eigenvalue weighted by Crippen LogP contribution is -2.34. The summed E-state index contributed by atoms with van der Waals surface area (Å²) in [6.07, 6.45) is 0.423. The molecule has 0 saturated heterocycles. The number of esters is 1. The zero-order valence-electron chi connectivity index (χ0n) is 17.0. The fraction of sp³-hybridized carbons (Fsp3) is 0.304. The largest absolute Gasteiger partial charge is 0.494 e.